The number of ketones is 1. The van der Waals surface area contributed by atoms with E-state index in [1.807, 2.05) is 24.4 Å². The van der Waals surface area contributed by atoms with E-state index in [-0.39, 0.29) is 11.4 Å². The molecule has 2 aromatic heterocycles. The number of nitrogens with zero attached hydrogens (tertiary/aromatic N) is 1. The number of rotatable bonds is 6. The number of hydrogen-bond acceptors (Lipinski definition) is 5. The summed E-state index contributed by atoms with van der Waals surface area (Å²) < 4.78 is 10.7. The molecule has 0 radical (unpaired) electrons. The van der Waals surface area contributed by atoms with Gasteiger partial charge in [-0.2, -0.15) is 0 Å². The summed E-state index contributed by atoms with van der Waals surface area (Å²) in [5.41, 5.74) is 2.05. The molecule has 0 aliphatic carbocycles. The van der Waals surface area contributed by atoms with Gasteiger partial charge in [0.05, 0.1) is 18.9 Å². The molecule has 0 saturated carbocycles. The largest absolute Gasteiger partial charge is 0.503 e. The van der Waals surface area contributed by atoms with Crippen molar-refractivity contribution >= 4 is 22.6 Å². The molecule has 1 aromatic carbocycles. The first-order valence-electron chi connectivity index (χ1n) is 8.93. The highest BCUT2D eigenvalue weighted by molar-refractivity contribution is 6.08. The van der Waals surface area contributed by atoms with Crippen LogP contribution in [0, 0.1) is 0 Å². The van der Waals surface area contributed by atoms with Crippen LogP contribution in [0.5, 0.6) is 5.75 Å². The molecule has 3 heterocycles. The highest BCUT2D eigenvalue weighted by Crippen LogP contribution is 2.38. The molecule has 7 heteroatoms. The molecule has 2 N–H and O–H groups in total. The number of ether oxygens (including phenoxy) is 1. The average Bonchev–Trinajstić information content (AvgIpc) is 3.40. The smallest absolute Gasteiger partial charge is 0.290 e. The highest BCUT2D eigenvalue weighted by atomic mass is 16.5. The van der Waals surface area contributed by atoms with Crippen LogP contribution in [0.15, 0.2) is 58.5 Å². The normalized spacial score (nSPS) is 17.0. The van der Waals surface area contributed by atoms with Gasteiger partial charge in [-0.3, -0.25) is 9.59 Å². The molecule has 1 atom stereocenters. The molecule has 7 nitrogen and oxygen atoms in total. The van der Waals surface area contributed by atoms with Gasteiger partial charge < -0.3 is 24.1 Å². The number of furan rings is 1. The lowest BCUT2D eigenvalue weighted by Crippen LogP contribution is -2.32. The van der Waals surface area contributed by atoms with Crippen molar-refractivity contribution in [1.29, 1.82) is 0 Å². The van der Waals surface area contributed by atoms with E-state index in [0.29, 0.717) is 18.7 Å². The lowest BCUT2D eigenvalue weighted by Gasteiger charge is -2.24. The fourth-order valence-electron chi connectivity index (χ4n) is 3.72. The van der Waals surface area contributed by atoms with E-state index in [1.54, 1.807) is 19.2 Å². The van der Waals surface area contributed by atoms with Crippen LogP contribution < -0.4 is 4.74 Å². The van der Waals surface area contributed by atoms with Crippen molar-refractivity contribution in [3.8, 4) is 5.75 Å². The molecular formula is C21H20N2O5. The van der Waals surface area contributed by atoms with Gasteiger partial charge >= 0.3 is 0 Å². The number of carbonyl (C=O) groups excluding carboxylic acids is 2. The number of aromatic nitrogens is 1. The van der Waals surface area contributed by atoms with E-state index in [0.717, 1.165) is 22.2 Å². The van der Waals surface area contributed by atoms with Crippen molar-refractivity contribution in [1.82, 2.24) is 9.88 Å². The second kappa shape index (κ2) is 6.92. The Labute approximate surface area is 161 Å². The van der Waals surface area contributed by atoms with Gasteiger partial charge in [-0.25, -0.2) is 0 Å². The molecule has 0 fully saturated rings. The summed E-state index contributed by atoms with van der Waals surface area (Å²) in [5, 5.41) is 11.3. The first-order valence-corrected chi connectivity index (χ1v) is 8.93. The minimum atomic E-state index is -0.722. The number of hydrogen-bond donors (Lipinski definition) is 2. The molecule has 1 amide bonds. The Hall–Kier alpha value is -3.48. The summed E-state index contributed by atoms with van der Waals surface area (Å²) in [5.74, 6) is -0.231. The van der Waals surface area contributed by atoms with Gasteiger partial charge in [-0.15, -0.1) is 0 Å². The fourth-order valence-corrected chi connectivity index (χ4v) is 3.72. The first-order chi connectivity index (χ1) is 13.5. The van der Waals surface area contributed by atoms with Crippen LogP contribution in [-0.2, 0) is 16.0 Å². The number of Topliss-reactive ketones (excluding diaryl/α,β-unsaturated/α-hetero) is 1. The number of carbonyl (C=O) groups is 2. The van der Waals surface area contributed by atoms with Gasteiger partial charge in [0.25, 0.3) is 5.91 Å². The Morgan fingerprint density at radius 2 is 2.18 bits per heavy atom. The number of aromatic amines is 1. The predicted octanol–water partition coefficient (Wildman–Crippen LogP) is 3.30. The lowest BCUT2D eigenvalue weighted by atomic mass is 10.0. The Bertz CT molecular complexity index is 1080. The standard InChI is InChI=1S/C21H20N2O5/c1-12(24)18-19(17-4-3-9-28-17)23(21(26)20(18)25)8-7-13-11-22-16-6-5-14(27-2)10-15(13)16/h3-6,9-11,19,22,25H,7-8H2,1-2H3/t19-/m0/s1. The molecule has 1 aliphatic rings. The van der Waals surface area contributed by atoms with Gasteiger partial charge in [-0.1, -0.05) is 0 Å². The van der Waals surface area contributed by atoms with Crippen molar-refractivity contribution in [2.24, 2.45) is 0 Å². The molecule has 144 valence electrons. The number of nitrogens with one attached hydrogen (secondary N) is 1. The number of methoxy groups -OCH3 is 1. The maximum Gasteiger partial charge on any atom is 0.290 e. The summed E-state index contributed by atoms with van der Waals surface area (Å²) in [6.07, 6.45) is 3.91. The molecule has 28 heavy (non-hydrogen) atoms. The maximum atomic E-state index is 12.6. The predicted molar refractivity (Wildman–Crippen MR) is 102 cm³/mol. The quantitative estimate of drug-likeness (QED) is 0.684. The number of amides is 1. The second-order valence-corrected chi connectivity index (χ2v) is 6.71. The monoisotopic (exact) mass is 380 g/mol. The summed E-state index contributed by atoms with van der Waals surface area (Å²) in [6.45, 7) is 1.65. The molecule has 0 unspecified atom stereocenters. The van der Waals surface area contributed by atoms with Crippen LogP contribution in [0.2, 0.25) is 0 Å². The van der Waals surface area contributed by atoms with Gasteiger partial charge in [0.15, 0.2) is 11.5 Å². The van der Waals surface area contributed by atoms with Crippen molar-refractivity contribution in [2.45, 2.75) is 19.4 Å². The number of aliphatic hydroxyl groups is 1. The summed E-state index contributed by atoms with van der Waals surface area (Å²) in [6, 6.07) is 8.42. The topological polar surface area (TPSA) is 95.8 Å². The van der Waals surface area contributed by atoms with E-state index in [1.165, 1.54) is 18.1 Å². The van der Waals surface area contributed by atoms with E-state index < -0.39 is 17.7 Å². The van der Waals surface area contributed by atoms with E-state index in [9.17, 15) is 14.7 Å². The third kappa shape index (κ3) is 2.85. The van der Waals surface area contributed by atoms with E-state index in [2.05, 4.69) is 4.98 Å². The molecule has 3 aromatic rings. The average molecular weight is 380 g/mol. The minimum absolute atomic E-state index is 0.0699. The van der Waals surface area contributed by atoms with E-state index in [4.69, 9.17) is 9.15 Å². The summed E-state index contributed by atoms with van der Waals surface area (Å²) in [7, 11) is 1.61. The van der Waals surface area contributed by atoms with Crippen LogP contribution in [-0.4, -0.2) is 40.3 Å². The molecule has 4 rings (SSSR count). The summed E-state index contributed by atoms with van der Waals surface area (Å²) >= 11 is 0. The minimum Gasteiger partial charge on any atom is -0.503 e. The number of benzene rings is 1. The molecular weight excluding hydrogens is 360 g/mol. The van der Waals surface area contributed by atoms with Crippen molar-refractivity contribution in [3.63, 3.8) is 0 Å². The van der Waals surface area contributed by atoms with Crippen LogP contribution >= 0.6 is 0 Å². The Kier molecular flexibility index (Phi) is 4.43. The SMILES string of the molecule is COc1ccc2[nH]cc(CCN3C(=O)C(O)=C(C(C)=O)[C@@H]3c3ccco3)c2c1. The van der Waals surface area contributed by atoms with Gasteiger partial charge in [0.2, 0.25) is 0 Å². The Morgan fingerprint density at radius 3 is 2.86 bits per heavy atom. The van der Waals surface area contributed by atoms with Crippen LogP contribution in [0.1, 0.15) is 24.3 Å². The van der Waals surface area contributed by atoms with Crippen LogP contribution in [0.3, 0.4) is 0 Å². The third-order valence-electron chi connectivity index (χ3n) is 5.09. The van der Waals surface area contributed by atoms with Crippen LogP contribution in [0.4, 0.5) is 0 Å². The van der Waals surface area contributed by atoms with Gasteiger partial charge in [0, 0.05) is 23.6 Å². The fraction of sp³-hybridized carbons (Fsp3) is 0.238. The zero-order valence-electron chi connectivity index (χ0n) is 15.6. The Balaban J connectivity index is 1.64. The zero-order valence-corrected chi connectivity index (χ0v) is 15.6. The van der Waals surface area contributed by atoms with E-state index >= 15 is 0 Å². The van der Waals surface area contributed by atoms with Crippen molar-refractivity contribution in [3.05, 3.63) is 65.4 Å². The van der Waals surface area contributed by atoms with Crippen molar-refractivity contribution < 1.29 is 23.8 Å². The molecule has 0 spiro atoms. The third-order valence-corrected chi connectivity index (χ3v) is 5.09. The zero-order chi connectivity index (χ0) is 19.8. The van der Waals surface area contributed by atoms with Crippen molar-refractivity contribution in [2.75, 3.05) is 13.7 Å². The number of H-pyrrole nitrogens is 1. The first kappa shape index (κ1) is 17.9. The summed E-state index contributed by atoms with van der Waals surface area (Å²) in [4.78, 5) is 29.4. The van der Waals surface area contributed by atoms with Gasteiger partial charge in [-0.05, 0) is 49.2 Å². The molecule has 0 bridgehead atoms. The van der Waals surface area contributed by atoms with Gasteiger partial charge in [0.1, 0.15) is 17.6 Å². The molecule has 1 aliphatic heterocycles. The number of fused-ring (bicyclic) bond motifs is 1. The molecule has 0 saturated heterocycles. The lowest BCUT2D eigenvalue weighted by molar-refractivity contribution is -0.129. The second-order valence-electron chi connectivity index (χ2n) is 6.71. The maximum absolute atomic E-state index is 12.6. The van der Waals surface area contributed by atoms with Crippen LogP contribution in [0.25, 0.3) is 10.9 Å². The highest BCUT2D eigenvalue weighted by Gasteiger charge is 2.43. The Morgan fingerprint density at radius 1 is 1.36 bits per heavy atom. The number of aliphatic hydroxyl groups excluding tert-OH is 1.